The van der Waals surface area contributed by atoms with Gasteiger partial charge in [0.1, 0.15) is 6.54 Å². The standard InChI is InChI=1S/C19H23N5O2/c1-22(2)13-16(12-15-8-4-3-5-9-15)20-18(25)14-24-19(26)23-11-7-6-10-17(23)21-24/h3-11,16H,12-14H2,1-2H3,(H,20,25). The van der Waals surface area contributed by atoms with Crippen molar-refractivity contribution in [3.8, 4) is 0 Å². The molecule has 7 nitrogen and oxygen atoms in total. The van der Waals surface area contributed by atoms with Crippen LogP contribution in [-0.2, 0) is 17.8 Å². The van der Waals surface area contributed by atoms with Crippen LogP contribution in [0.25, 0.3) is 5.65 Å². The van der Waals surface area contributed by atoms with E-state index in [-0.39, 0.29) is 24.2 Å². The van der Waals surface area contributed by atoms with Crippen molar-refractivity contribution < 1.29 is 4.79 Å². The molecule has 136 valence electrons. The molecule has 0 saturated carbocycles. The molecule has 1 atom stereocenters. The Balaban J connectivity index is 1.70. The molecule has 1 amide bonds. The largest absolute Gasteiger partial charge is 0.350 e. The number of amides is 1. The van der Waals surface area contributed by atoms with E-state index in [0.29, 0.717) is 12.2 Å². The molecule has 0 fully saturated rings. The van der Waals surface area contributed by atoms with Crippen LogP contribution in [0.3, 0.4) is 0 Å². The number of hydrogen-bond acceptors (Lipinski definition) is 4. The third-order valence-electron chi connectivity index (χ3n) is 4.06. The second-order valence-electron chi connectivity index (χ2n) is 6.59. The molecule has 0 aliphatic heterocycles. The second kappa shape index (κ2) is 7.97. The van der Waals surface area contributed by atoms with Crippen LogP contribution in [0.5, 0.6) is 0 Å². The van der Waals surface area contributed by atoms with E-state index in [2.05, 4.69) is 10.4 Å². The molecule has 1 unspecified atom stereocenters. The number of hydrogen-bond donors (Lipinski definition) is 1. The zero-order valence-corrected chi connectivity index (χ0v) is 15.0. The van der Waals surface area contributed by atoms with E-state index < -0.39 is 0 Å². The molecule has 0 aliphatic carbocycles. The first-order chi connectivity index (χ1) is 12.5. The van der Waals surface area contributed by atoms with Gasteiger partial charge in [-0.1, -0.05) is 36.4 Å². The summed E-state index contributed by atoms with van der Waals surface area (Å²) in [5.41, 5.74) is 1.37. The van der Waals surface area contributed by atoms with E-state index in [9.17, 15) is 9.59 Å². The van der Waals surface area contributed by atoms with Gasteiger partial charge >= 0.3 is 5.69 Å². The fourth-order valence-corrected chi connectivity index (χ4v) is 2.98. The number of carbonyl (C=O) groups is 1. The van der Waals surface area contributed by atoms with Crippen LogP contribution >= 0.6 is 0 Å². The van der Waals surface area contributed by atoms with Crippen LogP contribution in [0.2, 0.25) is 0 Å². The zero-order chi connectivity index (χ0) is 18.5. The van der Waals surface area contributed by atoms with E-state index >= 15 is 0 Å². The number of carbonyl (C=O) groups excluding carboxylic acids is 1. The van der Waals surface area contributed by atoms with Crippen LogP contribution < -0.4 is 11.0 Å². The van der Waals surface area contributed by atoms with Gasteiger partial charge in [0, 0.05) is 18.8 Å². The fraction of sp³-hybridized carbons (Fsp3) is 0.316. The number of likely N-dealkylation sites (N-methyl/N-ethyl adjacent to an activating group) is 1. The lowest BCUT2D eigenvalue weighted by molar-refractivity contribution is -0.122. The summed E-state index contributed by atoms with van der Waals surface area (Å²) in [5, 5.41) is 7.23. The predicted molar refractivity (Wildman–Crippen MR) is 100 cm³/mol. The minimum absolute atomic E-state index is 0.0485. The second-order valence-corrected chi connectivity index (χ2v) is 6.59. The van der Waals surface area contributed by atoms with E-state index in [1.54, 1.807) is 24.4 Å². The Labute approximate surface area is 151 Å². The minimum Gasteiger partial charge on any atom is -0.350 e. The summed E-state index contributed by atoms with van der Waals surface area (Å²) in [6, 6.07) is 15.3. The molecular formula is C19H23N5O2. The van der Waals surface area contributed by atoms with Crippen molar-refractivity contribution in [2.75, 3.05) is 20.6 Å². The lowest BCUT2D eigenvalue weighted by atomic mass is 10.1. The van der Waals surface area contributed by atoms with Crippen molar-refractivity contribution in [2.45, 2.75) is 19.0 Å². The summed E-state index contributed by atoms with van der Waals surface area (Å²) in [6.07, 6.45) is 2.37. The number of rotatable bonds is 7. The first-order valence-electron chi connectivity index (χ1n) is 8.55. The van der Waals surface area contributed by atoms with Gasteiger partial charge in [-0.05, 0) is 38.2 Å². The maximum absolute atomic E-state index is 12.5. The molecule has 1 aromatic carbocycles. The molecule has 2 aromatic heterocycles. The summed E-state index contributed by atoms with van der Waals surface area (Å²) >= 11 is 0. The number of fused-ring (bicyclic) bond motifs is 1. The zero-order valence-electron chi connectivity index (χ0n) is 15.0. The highest BCUT2D eigenvalue weighted by Gasteiger charge is 2.16. The molecule has 0 saturated heterocycles. The molecule has 0 bridgehead atoms. The molecule has 7 heteroatoms. The van der Waals surface area contributed by atoms with E-state index in [1.807, 2.05) is 49.3 Å². The van der Waals surface area contributed by atoms with E-state index in [1.165, 1.54) is 9.08 Å². The average Bonchev–Trinajstić information content (AvgIpc) is 2.91. The van der Waals surface area contributed by atoms with Crippen molar-refractivity contribution in [2.24, 2.45) is 0 Å². The molecule has 0 spiro atoms. The number of pyridine rings is 1. The highest BCUT2D eigenvalue weighted by atomic mass is 16.2. The summed E-state index contributed by atoms with van der Waals surface area (Å²) in [5.74, 6) is -0.224. The van der Waals surface area contributed by atoms with Gasteiger partial charge in [-0.3, -0.25) is 9.20 Å². The van der Waals surface area contributed by atoms with Crippen molar-refractivity contribution in [1.29, 1.82) is 0 Å². The Morgan fingerprint density at radius 1 is 1.15 bits per heavy atom. The summed E-state index contributed by atoms with van der Waals surface area (Å²) in [4.78, 5) is 26.8. The highest BCUT2D eigenvalue weighted by molar-refractivity contribution is 5.76. The molecule has 3 rings (SSSR count). The normalized spacial score (nSPS) is 12.4. The SMILES string of the molecule is CN(C)CC(Cc1ccccc1)NC(=O)Cn1nc2ccccn2c1=O. The van der Waals surface area contributed by atoms with Crippen molar-refractivity contribution >= 4 is 11.6 Å². The molecule has 1 N–H and O–H groups in total. The van der Waals surface area contributed by atoms with Crippen molar-refractivity contribution in [1.82, 2.24) is 24.4 Å². The molecule has 26 heavy (non-hydrogen) atoms. The van der Waals surface area contributed by atoms with Gasteiger partial charge in [-0.2, -0.15) is 0 Å². The van der Waals surface area contributed by atoms with E-state index in [4.69, 9.17) is 0 Å². The predicted octanol–water partition coefficient (Wildman–Crippen LogP) is 0.785. The van der Waals surface area contributed by atoms with Crippen molar-refractivity contribution in [3.05, 3.63) is 70.8 Å². The van der Waals surface area contributed by atoms with Crippen molar-refractivity contribution in [3.63, 3.8) is 0 Å². The van der Waals surface area contributed by atoms with Gasteiger partial charge < -0.3 is 10.2 Å². The summed E-state index contributed by atoms with van der Waals surface area (Å²) in [6.45, 7) is 0.611. The highest BCUT2D eigenvalue weighted by Crippen LogP contribution is 2.04. The molecule has 0 aliphatic rings. The van der Waals surface area contributed by atoms with E-state index in [0.717, 1.165) is 12.0 Å². The van der Waals surface area contributed by atoms with Gasteiger partial charge in [-0.25, -0.2) is 9.48 Å². The fourth-order valence-electron chi connectivity index (χ4n) is 2.98. The van der Waals surface area contributed by atoms with Crippen LogP contribution in [0, 0.1) is 0 Å². The van der Waals surface area contributed by atoms with Crippen LogP contribution in [0.1, 0.15) is 5.56 Å². The van der Waals surface area contributed by atoms with Gasteiger partial charge in [0.2, 0.25) is 5.91 Å². The van der Waals surface area contributed by atoms with Gasteiger partial charge in [-0.15, -0.1) is 5.10 Å². The Hall–Kier alpha value is -2.93. The Morgan fingerprint density at radius 2 is 1.88 bits per heavy atom. The van der Waals surface area contributed by atoms with Gasteiger partial charge in [0.15, 0.2) is 5.65 Å². The molecular weight excluding hydrogens is 330 g/mol. The average molecular weight is 353 g/mol. The molecule has 2 heterocycles. The summed E-state index contributed by atoms with van der Waals surface area (Å²) in [7, 11) is 3.94. The Kier molecular flexibility index (Phi) is 5.48. The lowest BCUT2D eigenvalue weighted by Crippen LogP contribution is -2.45. The molecule has 0 radical (unpaired) electrons. The first-order valence-corrected chi connectivity index (χ1v) is 8.55. The number of benzene rings is 1. The third-order valence-corrected chi connectivity index (χ3v) is 4.06. The van der Waals surface area contributed by atoms with Gasteiger partial charge in [0.25, 0.3) is 0 Å². The quantitative estimate of drug-likeness (QED) is 0.682. The molecule has 3 aromatic rings. The lowest BCUT2D eigenvalue weighted by Gasteiger charge is -2.22. The number of nitrogens with one attached hydrogen (secondary N) is 1. The van der Waals surface area contributed by atoms with Gasteiger partial charge in [0.05, 0.1) is 0 Å². The van der Waals surface area contributed by atoms with Crippen LogP contribution in [-0.4, -0.2) is 51.7 Å². The van der Waals surface area contributed by atoms with Crippen LogP contribution in [0.15, 0.2) is 59.5 Å². The number of nitrogens with zero attached hydrogens (tertiary/aromatic N) is 4. The maximum Gasteiger partial charge on any atom is 0.350 e. The number of aromatic nitrogens is 3. The third kappa shape index (κ3) is 4.37. The van der Waals surface area contributed by atoms with Crippen LogP contribution in [0.4, 0.5) is 0 Å². The smallest absolute Gasteiger partial charge is 0.350 e. The minimum atomic E-state index is -0.317. The summed E-state index contributed by atoms with van der Waals surface area (Å²) < 4.78 is 2.62. The Bertz CT molecular complexity index is 930. The topological polar surface area (TPSA) is 71.6 Å². The first kappa shape index (κ1) is 17.9. The monoisotopic (exact) mass is 353 g/mol. The Morgan fingerprint density at radius 3 is 2.58 bits per heavy atom. The maximum atomic E-state index is 12.5.